The quantitative estimate of drug-likeness (QED) is 0.209. The molecule has 2 aromatic heterocycles. The molecular weight excluding hydrogens is 552 g/mol. The molecule has 0 radical (unpaired) electrons. The van der Waals surface area contributed by atoms with Crippen molar-refractivity contribution in [1.29, 1.82) is 0 Å². The van der Waals surface area contributed by atoms with Gasteiger partial charge in [-0.3, -0.25) is 9.59 Å². The summed E-state index contributed by atoms with van der Waals surface area (Å²) >= 11 is 0. The van der Waals surface area contributed by atoms with Crippen LogP contribution < -0.4 is 0 Å². The van der Waals surface area contributed by atoms with Crippen molar-refractivity contribution in [2.75, 3.05) is 0 Å². The first-order chi connectivity index (χ1) is 20.1. The van der Waals surface area contributed by atoms with E-state index in [9.17, 15) is 27.2 Å². The summed E-state index contributed by atoms with van der Waals surface area (Å²) in [7, 11) is 0. The van der Waals surface area contributed by atoms with Gasteiger partial charge in [-0.15, -0.1) is 10.2 Å². The lowest BCUT2D eigenvalue weighted by atomic mass is 10.0. The topological polar surface area (TPSA) is 95.6 Å². The Labute approximate surface area is 237 Å². The third-order valence-electron chi connectivity index (χ3n) is 8.11. The Morgan fingerprint density at radius 1 is 0.619 bits per heavy atom. The molecule has 8 rings (SSSR count). The van der Waals surface area contributed by atoms with Crippen molar-refractivity contribution in [3.63, 3.8) is 0 Å². The number of hydrogen-bond acceptors (Lipinski definition) is 6. The second kappa shape index (κ2) is 9.67. The van der Waals surface area contributed by atoms with Gasteiger partial charge in [-0.25, -0.2) is 19.3 Å². The largest absolute Gasteiger partial charge is 0.308 e. The van der Waals surface area contributed by atoms with E-state index >= 15 is 0 Å². The zero-order chi connectivity index (χ0) is 29.2. The SMILES string of the molecule is O=C(c1nc2n(n1)[C@@H](c1ccccc1)CC2(F)F)C1CC1.O=C(c1nc2n(n1)[C@H](c1ccccc1)CC2(F)F)C1CC1. The molecule has 4 heterocycles. The monoisotopic (exact) mass is 578 g/mol. The Morgan fingerprint density at radius 2 is 0.976 bits per heavy atom. The van der Waals surface area contributed by atoms with Gasteiger partial charge in [0.25, 0.3) is 0 Å². The first kappa shape index (κ1) is 26.7. The number of aromatic nitrogens is 6. The zero-order valence-corrected chi connectivity index (χ0v) is 22.3. The van der Waals surface area contributed by atoms with Crippen LogP contribution in [0.25, 0.3) is 0 Å². The number of rotatable bonds is 6. The van der Waals surface area contributed by atoms with E-state index in [4.69, 9.17) is 0 Å². The van der Waals surface area contributed by atoms with E-state index in [-0.39, 0.29) is 59.5 Å². The lowest BCUT2D eigenvalue weighted by Gasteiger charge is -2.11. The molecule has 0 spiro atoms. The lowest BCUT2D eigenvalue weighted by Crippen LogP contribution is -2.13. The minimum absolute atomic E-state index is 0.0622. The van der Waals surface area contributed by atoms with Gasteiger partial charge in [0.1, 0.15) is 0 Å². The van der Waals surface area contributed by atoms with Crippen LogP contribution in [0.1, 0.15) is 94.6 Å². The predicted molar refractivity (Wildman–Crippen MR) is 140 cm³/mol. The van der Waals surface area contributed by atoms with Gasteiger partial charge < -0.3 is 0 Å². The normalized spacial score (nSPS) is 23.0. The summed E-state index contributed by atoms with van der Waals surface area (Å²) in [5, 5.41) is 8.16. The number of hydrogen-bond donors (Lipinski definition) is 0. The maximum absolute atomic E-state index is 14.1. The molecule has 8 nitrogen and oxygen atoms in total. The summed E-state index contributed by atoms with van der Waals surface area (Å²) < 4.78 is 59.0. The molecule has 42 heavy (non-hydrogen) atoms. The molecule has 2 aliphatic heterocycles. The number of ketones is 2. The van der Waals surface area contributed by atoms with Crippen molar-refractivity contribution in [3.8, 4) is 0 Å². The minimum atomic E-state index is -3.05. The molecule has 0 amide bonds. The number of nitrogens with zero attached hydrogens (tertiary/aromatic N) is 6. The van der Waals surface area contributed by atoms with Crippen molar-refractivity contribution in [3.05, 3.63) is 95.1 Å². The molecule has 2 atom stereocenters. The van der Waals surface area contributed by atoms with E-state index in [0.717, 1.165) is 36.8 Å². The van der Waals surface area contributed by atoms with Crippen molar-refractivity contribution < 1.29 is 27.2 Å². The fourth-order valence-electron chi connectivity index (χ4n) is 5.55. The van der Waals surface area contributed by atoms with Gasteiger partial charge in [0.15, 0.2) is 11.6 Å². The Morgan fingerprint density at radius 3 is 1.31 bits per heavy atom. The zero-order valence-electron chi connectivity index (χ0n) is 22.3. The van der Waals surface area contributed by atoms with Crippen LogP contribution in [0.5, 0.6) is 0 Å². The number of Topliss-reactive ketones (excluding diaryl/α,β-unsaturated/α-hetero) is 2. The molecule has 0 N–H and O–H groups in total. The molecule has 2 aliphatic carbocycles. The second-order valence-electron chi connectivity index (χ2n) is 11.4. The van der Waals surface area contributed by atoms with Crippen LogP contribution in [0, 0.1) is 11.8 Å². The number of carbonyl (C=O) groups excluding carboxylic acids is 2. The Kier molecular flexibility index (Phi) is 6.14. The van der Waals surface area contributed by atoms with Crippen molar-refractivity contribution in [2.24, 2.45) is 11.8 Å². The van der Waals surface area contributed by atoms with Gasteiger partial charge in [-0.2, -0.15) is 17.6 Å². The Hall–Kier alpha value is -4.22. The average molecular weight is 579 g/mol. The molecular formula is C30H26F4N6O2. The van der Waals surface area contributed by atoms with E-state index in [0.29, 0.717) is 0 Å². The van der Waals surface area contributed by atoms with Crippen LogP contribution in [0.15, 0.2) is 60.7 Å². The van der Waals surface area contributed by atoms with Crippen molar-refractivity contribution >= 4 is 11.6 Å². The van der Waals surface area contributed by atoms with Crippen LogP contribution in [-0.2, 0) is 11.8 Å². The van der Waals surface area contributed by atoms with Crippen molar-refractivity contribution in [1.82, 2.24) is 29.5 Å². The van der Waals surface area contributed by atoms with Gasteiger partial charge in [0.2, 0.25) is 23.2 Å². The number of carbonyl (C=O) groups is 2. The van der Waals surface area contributed by atoms with E-state index in [1.165, 1.54) is 9.36 Å². The molecule has 0 unspecified atom stereocenters. The van der Waals surface area contributed by atoms with Crippen LogP contribution in [0.3, 0.4) is 0 Å². The predicted octanol–water partition coefficient (Wildman–Crippen LogP) is 5.91. The third-order valence-corrected chi connectivity index (χ3v) is 8.11. The van der Waals surface area contributed by atoms with E-state index in [1.54, 1.807) is 48.5 Å². The maximum atomic E-state index is 14.1. The fraction of sp³-hybridized carbons (Fsp3) is 0.400. The molecule has 2 aromatic carbocycles. The highest BCUT2D eigenvalue weighted by atomic mass is 19.3. The standard InChI is InChI=1S/2C15H13F2N3O/c2*16-15(17)8-11(9-4-2-1-3-5-9)20-14(15)18-13(19-20)12(21)10-6-7-10/h2*1-5,10-11H,6-8H2/t2*11-/m10/s1. The molecule has 216 valence electrons. The van der Waals surface area contributed by atoms with Crippen LogP contribution in [0.2, 0.25) is 0 Å². The Balaban J connectivity index is 0.000000137. The summed E-state index contributed by atoms with van der Waals surface area (Å²) in [6.07, 6.45) is 2.51. The number of alkyl halides is 4. The van der Waals surface area contributed by atoms with Crippen LogP contribution in [-0.4, -0.2) is 41.1 Å². The molecule has 12 heteroatoms. The molecule has 4 aliphatic rings. The maximum Gasteiger partial charge on any atom is 0.308 e. The van der Waals surface area contributed by atoms with Gasteiger partial charge >= 0.3 is 11.8 Å². The number of benzene rings is 2. The van der Waals surface area contributed by atoms with Gasteiger partial charge in [0, 0.05) is 24.7 Å². The lowest BCUT2D eigenvalue weighted by molar-refractivity contribution is -0.00942. The summed E-state index contributed by atoms with van der Waals surface area (Å²) in [4.78, 5) is 31.6. The van der Waals surface area contributed by atoms with Crippen LogP contribution in [0.4, 0.5) is 17.6 Å². The smallest absolute Gasteiger partial charge is 0.290 e. The van der Waals surface area contributed by atoms with Gasteiger partial charge in [-0.1, -0.05) is 60.7 Å². The highest BCUT2D eigenvalue weighted by Gasteiger charge is 2.51. The summed E-state index contributed by atoms with van der Waals surface area (Å²) in [6.45, 7) is 0. The van der Waals surface area contributed by atoms with E-state index < -0.39 is 23.9 Å². The van der Waals surface area contributed by atoms with Crippen LogP contribution >= 0.6 is 0 Å². The number of halogens is 4. The van der Waals surface area contributed by atoms with E-state index in [2.05, 4.69) is 20.2 Å². The minimum Gasteiger partial charge on any atom is -0.290 e. The molecule has 4 aromatic rings. The summed E-state index contributed by atoms with van der Waals surface area (Å²) in [6, 6.07) is 16.9. The third kappa shape index (κ3) is 4.72. The number of fused-ring (bicyclic) bond motifs is 2. The van der Waals surface area contributed by atoms with Crippen molar-refractivity contribution in [2.45, 2.75) is 62.5 Å². The van der Waals surface area contributed by atoms with Gasteiger partial charge in [-0.05, 0) is 36.8 Å². The Bertz CT molecular complexity index is 1540. The molecule has 2 fully saturated rings. The highest BCUT2D eigenvalue weighted by molar-refractivity contribution is 5.96. The first-order valence-electron chi connectivity index (χ1n) is 14.0. The first-order valence-corrected chi connectivity index (χ1v) is 14.0. The fourth-order valence-corrected chi connectivity index (χ4v) is 5.55. The summed E-state index contributed by atoms with van der Waals surface area (Å²) in [5.74, 6) is -7.56. The average Bonchev–Trinajstić information content (AvgIpc) is 3.89. The highest BCUT2D eigenvalue weighted by Crippen LogP contribution is 2.47. The summed E-state index contributed by atoms with van der Waals surface area (Å²) in [5.41, 5.74) is 1.51. The van der Waals surface area contributed by atoms with E-state index in [1.807, 2.05) is 12.1 Å². The molecule has 0 bridgehead atoms. The second-order valence-corrected chi connectivity index (χ2v) is 11.4. The molecule has 0 saturated heterocycles. The van der Waals surface area contributed by atoms with Gasteiger partial charge in [0.05, 0.1) is 12.1 Å². The molecule has 2 saturated carbocycles.